The fourth-order valence-electron chi connectivity index (χ4n) is 4.53. The van der Waals surface area contributed by atoms with Crippen LogP contribution in [0.5, 0.6) is 0 Å². The molecule has 2 aliphatic rings. The van der Waals surface area contributed by atoms with Gasteiger partial charge in [0.05, 0.1) is 6.04 Å². The lowest BCUT2D eigenvalue weighted by Crippen LogP contribution is -2.43. The number of aryl methyl sites for hydroxylation is 2. The summed E-state index contributed by atoms with van der Waals surface area (Å²) < 4.78 is 0. The minimum Gasteiger partial charge on any atom is -0.324 e. The molecule has 0 radical (unpaired) electrons. The number of nitrogens with zero attached hydrogens (tertiary/aromatic N) is 1. The predicted molar refractivity (Wildman–Crippen MR) is 121 cm³/mol. The third kappa shape index (κ3) is 4.64. The van der Waals surface area contributed by atoms with Crippen molar-refractivity contribution >= 4 is 29.1 Å². The summed E-state index contributed by atoms with van der Waals surface area (Å²) in [6.45, 7) is 6.33. The SMILES string of the molecule is C=C1CCC(N2Cc3cc(CCC(=O)Cc4ccc(Cl)cc4C)ccc3C2=O)C(=O)C1. The van der Waals surface area contributed by atoms with Crippen LogP contribution < -0.4 is 0 Å². The maximum atomic E-state index is 12.8. The molecule has 4 rings (SSSR count). The highest BCUT2D eigenvalue weighted by atomic mass is 35.5. The quantitative estimate of drug-likeness (QED) is 0.598. The summed E-state index contributed by atoms with van der Waals surface area (Å²) in [6, 6.07) is 11.0. The molecule has 1 heterocycles. The Bertz CT molecular complexity index is 1090. The van der Waals surface area contributed by atoms with E-state index >= 15 is 0 Å². The number of hydrogen-bond acceptors (Lipinski definition) is 3. The summed E-state index contributed by atoms with van der Waals surface area (Å²) in [5, 5.41) is 0.676. The molecule has 1 unspecified atom stereocenters. The average molecular weight is 436 g/mol. The van der Waals surface area contributed by atoms with Gasteiger partial charge >= 0.3 is 0 Å². The smallest absolute Gasteiger partial charge is 0.255 e. The zero-order valence-corrected chi connectivity index (χ0v) is 18.5. The van der Waals surface area contributed by atoms with Crippen LogP contribution in [0.15, 0.2) is 48.6 Å². The monoisotopic (exact) mass is 435 g/mol. The van der Waals surface area contributed by atoms with Crippen LogP contribution in [-0.2, 0) is 29.0 Å². The lowest BCUT2D eigenvalue weighted by molar-refractivity contribution is -0.124. The lowest BCUT2D eigenvalue weighted by Gasteiger charge is -2.30. The molecule has 2 aromatic carbocycles. The Balaban J connectivity index is 1.38. The van der Waals surface area contributed by atoms with Crippen molar-refractivity contribution in [2.24, 2.45) is 0 Å². The number of amides is 1. The van der Waals surface area contributed by atoms with Crippen molar-refractivity contribution in [2.75, 3.05) is 0 Å². The highest BCUT2D eigenvalue weighted by molar-refractivity contribution is 6.30. The Hall–Kier alpha value is -2.72. The van der Waals surface area contributed by atoms with Crippen LogP contribution in [0.1, 0.15) is 58.3 Å². The van der Waals surface area contributed by atoms with E-state index in [9.17, 15) is 14.4 Å². The molecule has 1 aliphatic carbocycles. The number of hydrogen-bond donors (Lipinski definition) is 0. The average Bonchev–Trinajstić information content (AvgIpc) is 3.04. The summed E-state index contributed by atoms with van der Waals surface area (Å²) in [5.41, 5.74) is 5.64. The second-order valence-electron chi connectivity index (χ2n) is 8.66. The summed E-state index contributed by atoms with van der Waals surface area (Å²) in [5.74, 6) is 0.194. The number of rotatable bonds is 6. The number of halogens is 1. The standard InChI is InChI=1S/C26H26ClNO3/c1-16-3-10-24(25(30)11-16)28-15-20-13-18(5-9-23(20)26(28)31)4-8-22(29)14-19-6-7-21(27)12-17(19)2/h5-7,9,12-13,24H,1,3-4,8,10-11,14-15H2,2H3. The summed E-state index contributed by atoms with van der Waals surface area (Å²) >= 11 is 5.99. The molecule has 1 saturated carbocycles. The van der Waals surface area contributed by atoms with Crippen molar-refractivity contribution in [1.82, 2.24) is 4.90 Å². The van der Waals surface area contributed by atoms with E-state index in [1.165, 1.54) is 0 Å². The lowest BCUT2D eigenvalue weighted by atomic mass is 9.90. The number of benzene rings is 2. The maximum absolute atomic E-state index is 12.8. The molecule has 5 heteroatoms. The molecular weight excluding hydrogens is 410 g/mol. The first-order valence-corrected chi connectivity index (χ1v) is 11.1. The normalized spacial score (nSPS) is 18.5. The number of carbonyl (C=O) groups excluding carboxylic acids is 3. The molecule has 4 nitrogen and oxygen atoms in total. The van der Waals surface area contributed by atoms with E-state index in [-0.39, 0.29) is 23.5 Å². The molecule has 1 atom stereocenters. The van der Waals surface area contributed by atoms with Crippen molar-refractivity contribution in [3.8, 4) is 0 Å². The molecule has 160 valence electrons. The second kappa shape index (κ2) is 8.80. The van der Waals surface area contributed by atoms with E-state index in [2.05, 4.69) is 6.58 Å². The first-order valence-electron chi connectivity index (χ1n) is 10.7. The number of ketones is 2. The Kier molecular flexibility index (Phi) is 6.10. The van der Waals surface area contributed by atoms with Crippen LogP contribution in [-0.4, -0.2) is 28.4 Å². The van der Waals surface area contributed by atoms with Crippen molar-refractivity contribution in [3.05, 3.63) is 81.4 Å². The number of carbonyl (C=O) groups is 3. The zero-order valence-electron chi connectivity index (χ0n) is 17.7. The van der Waals surface area contributed by atoms with Gasteiger partial charge in [-0.1, -0.05) is 42.0 Å². The summed E-state index contributed by atoms with van der Waals surface area (Å²) in [4.78, 5) is 39.5. The van der Waals surface area contributed by atoms with Crippen molar-refractivity contribution in [2.45, 2.75) is 58.0 Å². The van der Waals surface area contributed by atoms with Crippen molar-refractivity contribution < 1.29 is 14.4 Å². The minimum absolute atomic E-state index is 0.0679. The Morgan fingerprint density at radius 1 is 1.19 bits per heavy atom. The molecule has 1 fully saturated rings. The van der Waals surface area contributed by atoms with Crippen LogP contribution in [0, 0.1) is 6.92 Å². The van der Waals surface area contributed by atoms with Gasteiger partial charge in [-0.2, -0.15) is 0 Å². The summed E-state index contributed by atoms with van der Waals surface area (Å²) in [6.07, 6.45) is 3.29. The van der Waals surface area contributed by atoms with Crippen molar-refractivity contribution in [3.63, 3.8) is 0 Å². The highest BCUT2D eigenvalue weighted by Crippen LogP contribution is 2.31. The number of fused-ring (bicyclic) bond motifs is 1. The molecule has 1 aliphatic heterocycles. The number of allylic oxidation sites excluding steroid dienone is 1. The van der Waals surface area contributed by atoms with Gasteiger partial charge in [0, 0.05) is 36.4 Å². The third-order valence-corrected chi connectivity index (χ3v) is 6.56. The van der Waals surface area contributed by atoms with E-state index in [0.29, 0.717) is 49.2 Å². The molecule has 0 saturated heterocycles. The van der Waals surface area contributed by atoms with Crippen LogP contribution in [0.3, 0.4) is 0 Å². The fourth-order valence-corrected chi connectivity index (χ4v) is 4.76. The molecule has 0 aromatic heterocycles. The minimum atomic E-state index is -0.349. The number of Topliss-reactive ketones (excluding diaryl/α,β-unsaturated/α-hetero) is 2. The van der Waals surface area contributed by atoms with Gasteiger partial charge in [0.25, 0.3) is 5.91 Å². The van der Waals surface area contributed by atoms with Gasteiger partial charge in [0.1, 0.15) is 5.78 Å². The van der Waals surface area contributed by atoms with Gasteiger partial charge in [0.2, 0.25) is 0 Å². The molecule has 1 amide bonds. The Labute approximate surface area is 187 Å². The first-order chi connectivity index (χ1) is 14.8. The van der Waals surface area contributed by atoms with E-state index in [4.69, 9.17) is 11.6 Å². The Morgan fingerprint density at radius 3 is 2.74 bits per heavy atom. The second-order valence-corrected chi connectivity index (χ2v) is 9.09. The van der Waals surface area contributed by atoms with Gasteiger partial charge in [-0.05, 0) is 66.6 Å². The van der Waals surface area contributed by atoms with Gasteiger partial charge < -0.3 is 4.90 Å². The molecule has 0 N–H and O–H groups in total. The predicted octanol–water partition coefficient (Wildman–Crippen LogP) is 5.03. The van der Waals surface area contributed by atoms with Crippen molar-refractivity contribution in [1.29, 1.82) is 0 Å². The molecule has 31 heavy (non-hydrogen) atoms. The summed E-state index contributed by atoms with van der Waals surface area (Å²) in [7, 11) is 0. The van der Waals surface area contributed by atoms with Crippen LogP contribution >= 0.6 is 11.6 Å². The first kappa shape index (κ1) is 21.5. The van der Waals surface area contributed by atoms with Gasteiger partial charge in [-0.15, -0.1) is 0 Å². The highest BCUT2D eigenvalue weighted by Gasteiger charge is 2.37. The molecule has 0 bridgehead atoms. The fraction of sp³-hybridized carbons (Fsp3) is 0.346. The van der Waals surface area contributed by atoms with E-state index in [1.54, 1.807) is 4.90 Å². The Morgan fingerprint density at radius 2 is 2.00 bits per heavy atom. The molecular formula is C26H26ClNO3. The van der Waals surface area contributed by atoms with E-state index in [0.717, 1.165) is 34.2 Å². The molecule has 0 spiro atoms. The molecule has 2 aromatic rings. The van der Waals surface area contributed by atoms with E-state index in [1.807, 2.05) is 43.3 Å². The van der Waals surface area contributed by atoms with Gasteiger partial charge in [-0.3, -0.25) is 14.4 Å². The van der Waals surface area contributed by atoms with Crippen LogP contribution in [0.2, 0.25) is 5.02 Å². The van der Waals surface area contributed by atoms with Gasteiger partial charge in [-0.25, -0.2) is 0 Å². The van der Waals surface area contributed by atoms with Crippen LogP contribution in [0.4, 0.5) is 0 Å². The largest absolute Gasteiger partial charge is 0.324 e. The van der Waals surface area contributed by atoms with Crippen LogP contribution in [0.25, 0.3) is 0 Å². The van der Waals surface area contributed by atoms with Gasteiger partial charge in [0.15, 0.2) is 5.78 Å². The maximum Gasteiger partial charge on any atom is 0.255 e. The zero-order chi connectivity index (χ0) is 22.1. The van der Waals surface area contributed by atoms with E-state index < -0.39 is 0 Å². The third-order valence-electron chi connectivity index (χ3n) is 6.33. The topological polar surface area (TPSA) is 54.5 Å².